The zero-order valence-electron chi connectivity index (χ0n) is 10.3. The van der Waals surface area contributed by atoms with E-state index in [-0.39, 0.29) is 6.10 Å². The maximum Gasteiger partial charge on any atom is 0.145 e. The van der Waals surface area contributed by atoms with Crippen molar-refractivity contribution in [1.82, 2.24) is 4.98 Å². The Morgan fingerprint density at radius 1 is 1.29 bits per heavy atom. The highest BCUT2D eigenvalue weighted by Gasteiger charge is 2.08. The van der Waals surface area contributed by atoms with Gasteiger partial charge in [-0.15, -0.1) is 0 Å². The molecule has 0 bridgehead atoms. The third-order valence-corrected chi connectivity index (χ3v) is 2.60. The molecule has 0 amide bonds. The number of ether oxygens (including phenoxy) is 1. The molecule has 17 heavy (non-hydrogen) atoms. The lowest BCUT2D eigenvalue weighted by Crippen LogP contribution is -2.07. The fourth-order valence-corrected chi connectivity index (χ4v) is 1.93. The molecule has 1 heterocycles. The van der Waals surface area contributed by atoms with Gasteiger partial charge in [0.2, 0.25) is 0 Å². The number of rotatable bonds is 4. The van der Waals surface area contributed by atoms with Crippen molar-refractivity contribution < 1.29 is 4.74 Å². The Morgan fingerprint density at radius 3 is 2.82 bits per heavy atom. The molecule has 0 aliphatic heterocycles. The van der Waals surface area contributed by atoms with Gasteiger partial charge in [0.15, 0.2) is 0 Å². The van der Waals surface area contributed by atoms with Gasteiger partial charge in [-0.2, -0.15) is 0 Å². The van der Waals surface area contributed by atoms with Crippen LogP contribution in [0.15, 0.2) is 30.5 Å². The summed E-state index contributed by atoms with van der Waals surface area (Å²) in [4.78, 5) is 4.41. The molecule has 90 valence electrons. The molecule has 2 aromatic rings. The second kappa shape index (κ2) is 5.15. The molecule has 0 radical (unpaired) electrons. The monoisotopic (exact) mass is 230 g/mol. The van der Waals surface area contributed by atoms with Crippen LogP contribution in [0.25, 0.3) is 10.9 Å². The molecule has 2 N–H and O–H groups in total. The van der Waals surface area contributed by atoms with Gasteiger partial charge in [-0.25, -0.2) is 0 Å². The largest absolute Gasteiger partial charge is 0.489 e. The lowest BCUT2D eigenvalue weighted by atomic mass is 10.0. The second-order valence-electron chi connectivity index (χ2n) is 4.33. The molecule has 0 unspecified atom stereocenters. The number of fused-ring (bicyclic) bond motifs is 1. The van der Waals surface area contributed by atoms with Gasteiger partial charge < -0.3 is 10.5 Å². The predicted molar refractivity (Wildman–Crippen MR) is 70.3 cm³/mol. The molecular weight excluding hydrogens is 212 g/mol. The fraction of sp³-hybridized carbons (Fsp3) is 0.357. The van der Waals surface area contributed by atoms with Gasteiger partial charge in [-0.1, -0.05) is 12.1 Å². The average molecular weight is 230 g/mol. The van der Waals surface area contributed by atoms with Crippen molar-refractivity contribution in [2.45, 2.75) is 26.4 Å². The molecule has 0 aliphatic rings. The normalized spacial score (nSPS) is 11.1. The molecule has 3 heteroatoms. The number of benzene rings is 1. The molecule has 0 saturated carbocycles. The Kier molecular flexibility index (Phi) is 3.59. The van der Waals surface area contributed by atoms with Crippen molar-refractivity contribution in [3.8, 4) is 5.75 Å². The van der Waals surface area contributed by atoms with E-state index in [9.17, 15) is 0 Å². The first-order valence-corrected chi connectivity index (χ1v) is 5.95. The highest BCUT2D eigenvalue weighted by Crippen LogP contribution is 2.27. The van der Waals surface area contributed by atoms with Crippen LogP contribution in [0.1, 0.15) is 19.4 Å². The number of nitrogens with zero attached hydrogens (tertiary/aromatic N) is 1. The first kappa shape index (κ1) is 11.9. The quantitative estimate of drug-likeness (QED) is 0.878. The minimum Gasteiger partial charge on any atom is -0.489 e. The highest BCUT2D eigenvalue weighted by molar-refractivity contribution is 5.87. The van der Waals surface area contributed by atoms with E-state index in [0.29, 0.717) is 6.54 Å². The molecule has 0 spiro atoms. The molecule has 0 saturated heterocycles. The van der Waals surface area contributed by atoms with Crippen molar-refractivity contribution in [2.24, 2.45) is 5.73 Å². The topological polar surface area (TPSA) is 48.1 Å². The first-order chi connectivity index (χ1) is 8.22. The molecule has 1 aromatic heterocycles. The molecule has 2 rings (SSSR count). The van der Waals surface area contributed by atoms with Gasteiger partial charge in [0.05, 0.1) is 6.10 Å². The van der Waals surface area contributed by atoms with Crippen LogP contribution in [-0.2, 0) is 6.42 Å². The van der Waals surface area contributed by atoms with Gasteiger partial charge in [0.25, 0.3) is 0 Å². The standard InChI is InChI=1S/C14H18N2O/c1-10(2)17-13-6-5-11(7-8-15)12-4-3-9-16-14(12)13/h3-6,9-10H,7-8,15H2,1-2H3. The van der Waals surface area contributed by atoms with Crippen LogP contribution in [0.3, 0.4) is 0 Å². The van der Waals surface area contributed by atoms with Crippen LogP contribution >= 0.6 is 0 Å². The van der Waals surface area contributed by atoms with E-state index in [2.05, 4.69) is 17.1 Å². The second-order valence-corrected chi connectivity index (χ2v) is 4.33. The average Bonchev–Trinajstić information content (AvgIpc) is 2.32. The van der Waals surface area contributed by atoms with E-state index < -0.39 is 0 Å². The SMILES string of the molecule is CC(C)Oc1ccc(CCN)c2cccnc12. The molecule has 0 atom stereocenters. The van der Waals surface area contributed by atoms with Crippen molar-refractivity contribution in [3.63, 3.8) is 0 Å². The van der Waals surface area contributed by atoms with Crippen molar-refractivity contribution >= 4 is 10.9 Å². The number of hydrogen-bond acceptors (Lipinski definition) is 3. The summed E-state index contributed by atoms with van der Waals surface area (Å²) in [5.74, 6) is 0.844. The van der Waals surface area contributed by atoms with Gasteiger partial charge in [-0.3, -0.25) is 4.98 Å². The summed E-state index contributed by atoms with van der Waals surface area (Å²) in [6.07, 6.45) is 2.81. The van der Waals surface area contributed by atoms with E-state index in [1.807, 2.05) is 26.0 Å². The highest BCUT2D eigenvalue weighted by atomic mass is 16.5. The lowest BCUT2D eigenvalue weighted by molar-refractivity contribution is 0.245. The Labute approximate surface area is 102 Å². The van der Waals surface area contributed by atoms with Gasteiger partial charge in [0, 0.05) is 11.6 Å². The first-order valence-electron chi connectivity index (χ1n) is 5.95. The van der Waals surface area contributed by atoms with E-state index in [4.69, 9.17) is 10.5 Å². The molecule has 1 aromatic carbocycles. The predicted octanol–water partition coefficient (Wildman–Crippen LogP) is 2.52. The van der Waals surface area contributed by atoms with Crippen LogP contribution in [0, 0.1) is 0 Å². The fourth-order valence-electron chi connectivity index (χ4n) is 1.93. The zero-order chi connectivity index (χ0) is 12.3. The minimum atomic E-state index is 0.153. The Balaban J connectivity index is 2.54. The van der Waals surface area contributed by atoms with Gasteiger partial charge in [-0.05, 0) is 44.5 Å². The summed E-state index contributed by atoms with van der Waals surface area (Å²) >= 11 is 0. The number of hydrogen-bond donors (Lipinski definition) is 1. The third kappa shape index (κ3) is 2.56. The van der Waals surface area contributed by atoms with Crippen molar-refractivity contribution in [1.29, 1.82) is 0 Å². The summed E-state index contributed by atoms with van der Waals surface area (Å²) in [5, 5.41) is 1.14. The molecule has 0 aliphatic carbocycles. The molecule has 3 nitrogen and oxygen atoms in total. The van der Waals surface area contributed by atoms with Crippen LogP contribution in [0.2, 0.25) is 0 Å². The number of aromatic nitrogens is 1. The van der Waals surface area contributed by atoms with Crippen LogP contribution in [0.5, 0.6) is 5.75 Å². The summed E-state index contributed by atoms with van der Waals surface area (Å²) in [5.41, 5.74) is 7.77. The smallest absolute Gasteiger partial charge is 0.145 e. The Hall–Kier alpha value is -1.61. The summed E-state index contributed by atoms with van der Waals surface area (Å²) in [7, 11) is 0. The molecule has 0 fully saturated rings. The summed E-state index contributed by atoms with van der Waals surface area (Å²) in [6.45, 7) is 4.68. The minimum absolute atomic E-state index is 0.153. The van der Waals surface area contributed by atoms with Gasteiger partial charge in [0.1, 0.15) is 11.3 Å². The third-order valence-electron chi connectivity index (χ3n) is 2.60. The Morgan fingerprint density at radius 2 is 2.12 bits per heavy atom. The maximum absolute atomic E-state index is 5.77. The van der Waals surface area contributed by atoms with E-state index in [1.165, 1.54) is 5.56 Å². The van der Waals surface area contributed by atoms with Crippen LogP contribution < -0.4 is 10.5 Å². The molecular formula is C14H18N2O. The number of pyridine rings is 1. The van der Waals surface area contributed by atoms with E-state index in [1.54, 1.807) is 6.20 Å². The zero-order valence-corrected chi connectivity index (χ0v) is 10.3. The Bertz CT molecular complexity index is 509. The van der Waals surface area contributed by atoms with Crippen LogP contribution in [-0.4, -0.2) is 17.6 Å². The van der Waals surface area contributed by atoms with E-state index >= 15 is 0 Å². The van der Waals surface area contributed by atoms with Crippen LogP contribution in [0.4, 0.5) is 0 Å². The number of nitrogens with two attached hydrogens (primary N) is 1. The van der Waals surface area contributed by atoms with E-state index in [0.717, 1.165) is 23.1 Å². The van der Waals surface area contributed by atoms with Crippen molar-refractivity contribution in [2.75, 3.05) is 6.54 Å². The lowest BCUT2D eigenvalue weighted by Gasteiger charge is -2.13. The summed E-state index contributed by atoms with van der Waals surface area (Å²) in [6, 6.07) is 8.08. The summed E-state index contributed by atoms with van der Waals surface area (Å²) < 4.78 is 5.77. The van der Waals surface area contributed by atoms with Gasteiger partial charge >= 0.3 is 0 Å². The van der Waals surface area contributed by atoms with Crippen molar-refractivity contribution in [3.05, 3.63) is 36.0 Å². The maximum atomic E-state index is 5.77.